The summed E-state index contributed by atoms with van der Waals surface area (Å²) in [4.78, 5) is 27.9. The minimum Gasteiger partial charge on any atom is -0.497 e. The van der Waals surface area contributed by atoms with Crippen LogP contribution in [0.15, 0.2) is 60.6 Å². The van der Waals surface area contributed by atoms with E-state index >= 15 is 0 Å². The summed E-state index contributed by atoms with van der Waals surface area (Å²) >= 11 is 0. The van der Waals surface area contributed by atoms with Crippen molar-refractivity contribution in [2.45, 2.75) is 6.23 Å². The number of anilines is 1. The Bertz CT molecular complexity index is 1040. The fourth-order valence-electron chi connectivity index (χ4n) is 2.77. The third-order valence-electron chi connectivity index (χ3n) is 4.26. The first-order chi connectivity index (χ1) is 14.1. The van der Waals surface area contributed by atoms with Crippen molar-refractivity contribution >= 4 is 23.6 Å². The molecule has 9 nitrogen and oxygen atoms in total. The van der Waals surface area contributed by atoms with Gasteiger partial charge >= 0.3 is 5.97 Å². The molecule has 1 saturated heterocycles. The number of ether oxygens (including phenoxy) is 2. The smallest absolute Gasteiger partial charge is 0.356 e. The van der Waals surface area contributed by atoms with Crippen LogP contribution in [0.1, 0.15) is 28.0 Å². The summed E-state index contributed by atoms with van der Waals surface area (Å²) in [6.45, 7) is 0. The maximum absolute atomic E-state index is 12.2. The molecular formula is C20H17N5O4. The lowest BCUT2D eigenvalue weighted by Gasteiger charge is -2.11. The molecule has 1 aromatic heterocycles. The monoisotopic (exact) mass is 391 g/mol. The highest BCUT2D eigenvalue weighted by atomic mass is 16.6. The summed E-state index contributed by atoms with van der Waals surface area (Å²) in [6.07, 6.45) is 2.37. The van der Waals surface area contributed by atoms with E-state index in [-0.39, 0.29) is 5.82 Å². The lowest BCUT2D eigenvalue weighted by molar-refractivity contribution is -0.139. The largest absolute Gasteiger partial charge is 0.497 e. The molecule has 0 saturated carbocycles. The van der Waals surface area contributed by atoms with Crippen molar-refractivity contribution in [1.82, 2.24) is 20.5 Å². The molecule has 29 heavy (non-hydrogen) atoms. The molecule has 1 aliphatic rings. The highest BCUT2D eigenvalue weighted by Crippen LogP contribution is 2.26. The number of nitrogens with one attached hydrogen (secondary N) is 3. The molecule has 2 heterocycles. The molecule has 1 aliphatic heterocycles. The standard InChI is InChI=1S/C20H17N5O4/c1-28-15-8-2-12(3-9-15)10-16-20(27)29-19(24-16)13-4-6-14(7-5-13)23-18(26)17-21-11-22-25-17/h2-11,19,24H,1H3,(H,23,26)(H,21,22,25)/b16-10+/t19-/m0/s1. The number of hydrogen-bond donors (Lipinski definition) is 3. The summed E-state index contributed by atoms with van der Waals surface area (Å²) in [5.41, 5.74) is 2.53. The normalized spacial score (nSPS) is 16.9. The molecule has 0 bridgehead atoms. The van der Waals surface area contributed by atoms with Gasteiger partial charge in [0.2, 0.25) is 5.82 Å². The van der Waals surface area contributed by atoms with Gasteiger partial charge in [-0.3, -0.25) is 9.89 Å². The van der Waals surface area contributed by atoms with E-state index in [2.05, 4.69) is 25.8 Å². The average Bonchev–Trinajstić information content (AvgIpc) is 3.40. The Hall–Kier alpha value is -4.14. The van der Waals surface area contributed by atoms with E-state index < -0.39 is 18.1 Å². The van der Waals surface area contributed by atoms with Crippen LogP contribution in [0.5, 0.6) is 5.75 Å². The van der Waals surface area contributed by atoms with Gasteiger partial charge < -0.3 is 20.1 Å². The van der Waals surface area contributed by atoms with Crippen LogP contribution in [-0.4, -0.2) is 34.2 Å². The number of amides is 1. The van der Waals surface area contributed by atoms with Crippen LogP contribution >= 0.6 is 0 Å². The molecule has 0 aliphatic carbocycles. The SMILES string of the molecule is COc1ccc(/C=C2/N[C@H](c3ccc(NC(=O)c4ncn[nH]4)cc3)OC2=O)cc1. The molecule has 3 N–H and O–H groups in total. The van der Waals surface area contributed by atoms with Crippen LogP contribution < -0.4 is 15.4 Å². The van der Waals surface area contributed by atoms with Crippen LogP contribution in [-0.2, 0) is 9.53 Å². The Morgan fingerprint density at radius 1 is 1.17 bits per heavy atom. The van der Waals surface area contributed by atoms with E-state index in [9.17, 15) is 9.59 Å². The molecule has 0 spiro atoms. The number of H-pyrrole nitrogens is 1. The van der Waals surface area contributed by atoms with Gasteiger partial charge in [-0.05, 0) is 35.9 Å². The van der Waals surface area contributed by atoms with Crippen molar-refractivity contribution in [2.24, 2.45) is 0 Å². The average molecular weight is 391 g/mol. The molecular weight excluding hydrogens is 374 g/mol. The Morgan fingerprint density at radius 2 is 1.93 bits per heavy atom. The molecule has 1 fully saturated rings. The van der Waals surface area contributed by atoms with E-state index in [4.69, 9.17) is 9.47 Å². The molecule has 4 rings (SSSR count). The number of nitrogens with zero attached hydrogens (tertiary/aromatic N) is 2. The molecule has 9 heteroatoms. The lowest BCUT2D eigenvalue weighted by atomic mass is 10.1. The zero-order valence-electron chi connectivity index (χ0n) is 15.4. The summed E-state index contributed by atoms with van der Waals surface area (Å²) in [6, 6.07) is 14.3. The van der Waals surface area contributed by atoms with E-state index in [0.717, 1.165) is 16.9 Å². The van der Waals surface area contributed by atoms with Gasteiger partial charge in [0.25, 0.3) is 5.91 Å². The van der Waals surface area contributed by atoms with Crippen LogP contribution in [0.4, 0.5) is 5.69 Å². The molecule has 146 valence electrons. The zero-order valence-corrected chi connectivity index (χ0v) is 15.4. The number of hydrogen-bond acceptors (Lipinski definition) is 7. The summed E-state index contributed by atoms with van der Waals surface area (Å²) < 4.78 is 10.5. The van der Waals surface area contributed by atoms with E-state index in [1.54, 1.807) is 37.5 Å². The number of benzene rings is 2. The third-order valence-corrected chi connectivity index (χ3v) is 4.26. The van der Waals surface area contributed by atoms with Crippen molar-refractivity contribution in [3.8, 4) is 5.75 Å². The van der Waals surface area contributed by atoms with Gasteiger partial charge in [-0.15, -0.1) is 0 Å². The van der Waals surface area contributed by atoms with Crippen molar-refractivity contribution in [2.75, 3.05) is 12.4 Å². The Morgan fingerprint density at radius 3 is 2.59 bits per heavy atom. The molecule has 3 aromatic rings. The second-order valence-corrected chi connectivity index (χ2v) is 6.17. The summed E-state index contributed by atoms with van der Waals surface area (Å²) in [5.74, 6) is 0.0233. The van der Waals surface area contributed by atoms with Crippen molar-refractivity contribution in [1.29, 1.82) is 0 Å². The minimum atomic E-state index is -0.606. The number of esters is 1. The maximum atomic E-state index is 12.2. The van der Waals surface area contributed by atoms with Crippen LogP contribution in [0.25, 0.3) is 6.08 Å². The number of carbonyl (C=O) groups excluding carboxylic acids is 2. The van der Waals surface area contributed by atoms with E-state index in [0.29, 0.717) is 11.4 Å². The highest BCUT2D eigenvalue weighted by molar-refractivity contribution is 6.01. The van der Waals surface area contributed by atoms with Gasteiger partial charge in [-0.2, -0.15) is 5.10 Å². The van der Waals surface area contributed by atoms with Gasteiger partial charge in [-0.1, -0.05) is 24.3 Å². The van der Waals surface area contributed by atoms with Crippen LogP contribution in [0, 0.1) is 0 Å². The Labute approximate surface area is 165 Å². The fraction of sp³-hybridized carbons (Fsp3) is 0.100. The fourth-order valence-corrected chi connectivity index (χ4v) is 2.77. The molecule has 1 amide bonds. The predicted octanol–water partition coefficient (Wildman–Crippen LogP) is 2.25. The van der Waals surface area contributed by atoms with Gasteiger partial charge in [-0.25, -0.2) is 9.78 Å². The number of aromatic nitrogens is 3. The first-order valence-electron chi connectivity index (χ1n) is 8.72. The van der Waals surface area contributed by atoms with E-state index in [1.807, 2.05) is 24.3 Å². The molecule has 0 radical (unpaired) electrons. The van der Waals surface area contributed by atoms with Gasteiger partial charge in [0.1, 0.15) is 17.8 Å². The lowest BCUT2D eigenvalue weighted by Crippen LogP contribution is -2.15. The second kappa shape index (κ2) is 7.85. The van der Waals surface area contributed by atoms with Crippen LogP contribution in [0.3, 0.4) is 0 Å². The number of methoxy groups -OCH3 is 1. The first-order valence-corrected chi connectivity index (χ1v) is 8.72. The predicted molar refractivity (Wildman–Crippen MR) is 104 cm³/mol. The Balaban J connectivity index is 1.43. The van der Waals surface area contributed by atoms with Crippen LogP contribution in [0.2, 0.25) is 0 Å². The van der Waals surface area contributed by atoms with Gasteiger partial charge in [0.15, 0.2) is 6.23 Å². The second-order valence-electron chi connectivity index (χ2n) is 6.17. The quantitative estimate of drug-likeness (QED) is 0.451. The van der Waals surface area contributed by atoms with Gasteiger partial charge in [0, 0.05) is 11.3 Å². The Kier molecular flexibility index (Phi) is 4.93. The number of carbonyl (C=O) groups is 2. The van der Waals surface area contributed by atoms with Crippen molar-refractivity contribution < 1.29 is 19.1 Å². The minimum absolute atomic E-state index is 0.119. The number of rotatable bonds is 5. The van der Waals surface area contributed by atoms with Crippen molar-refractivity contribution in [3.63, 3.8) is 0 Å². The maximum Gasteiger partial charge on any atom is 0.356 e. The number of cyclic esters (lactones) is 1. The zero-order chi connectivity index (χ0) is 20.2. The van der Waals surface area contributed by atoms with E-state index in [1.165, 1.54) is 6.33 Å². The highest BCUT2D eigenvalue weighted by Gasteiger charge is 2.29. The topological polar surface area (TPSA) is 118 Å². The summed E-state index contributed by atoms with van der Waals surface area (Å²) in [5, 5.41) is 11.9. The van der Waals surface area contributed by atoms with Crippen molar-refractivity contribution in [3.05, 3.63) is 77.5 Å². The third kappa shape index (κ3) is 4.08. The summed E-state index contributed by atoms with van der Waals surface area (Å²) in [7, 11) is 1.60. The molecule has 0 unspecified atom stereocenters. The first kappa shape index (κ1) is 18.2. The molecule has 1 atom stereocenters. The van der Waals surface area contributed by atoms with Gasteiger partial charge in [0.05, 0.1) is 7.11 Å². The number of aromatic amines is 1. The molecule has 2 aromatic carbocycles.